The van der Waals surface area contributed by atoms with E-state index >= 15 is 0 Å². The largest absolute Gasteiger partial charge is 0.480 e. The zero-order valence-corrected chi connectivity index (χ0v) is 30.2. The summed E-state index contributed by atoms with van der Waals surface area (Å²) in [5, 5.41) is 21.2. The van der Waals surface area contributed by atoms with Crippen LogP contribution in [0.5, 0.6) is 0 Å². The zero-order chi connectivity index (χ0) is 37.0. The number of anilines is 3. The van der Waals surface area contributed by atoms with Crippen molar-refractivity contribution in [2.24, 2.45) is 22.6 Å². The number of allylic oxidation sites excluding steroid dienone is 1. The Morgan fingerprint density at radius 2 is 1.69 bits per heavy atom. The SMILES string of the molecule is CCC(CC)Cn1ccc2cnc(Nc3cnn(CC(=O)OCCc4cc5cnc(N/C(C=NCC(=O)O)=C/N)nc5n4CC(CC)CC)c3)nc21. The molecule has 0 aliphatic heterocycles. The van der Waals surface area contributed by atoms with E-state index in [0.29, 0.717) is 41.5 Å². The van der Waals surface area contributed by atoms with Crippen molar-refractivity contribution >= 4 is 57.8 Å². The lowest BCUT2D eigenvalue weighted by Crippen LogP contribution is -2.17. The van der Waals surface area contributed by atoms with Gasteiger partial charge in [0.2, 0.25) is 11.9 Å². The zero-order valence-electron chi connectivity index (χ0n) is 30.2. The first kappa shape index (κ1) is 37.5. The normalized spacial score (nSPS) is 12.2. The van der Waals surface area contributed by atoms with Crippen LogP contribution >= 0.6 is 0 Å². The Morgan fingerprint density at radius 3 is 2.42 bits per heavy atom. The maximum atomic E-state index is 12.9. The Balaban J connectivity index is 1.21. The molecule has 5 aromatic rings. The van der Waals surface area contributed by atoms with Gasteiger partial charge in [-0.05, 0) is 24.0 Å². The molecular formula is C36H48N12O4. The van der Waals surface area contributed by atoms with Gasteiger partial charge in [-0.15, -0.1) is 0 Å². The summed E-state index contributed by atoms with van der Waals surface area (Å²) in [7, 11) is 0. The first-order chi connectivity index (χ1) is 25.2. The number of nitrogens with one attached hydrogen (secondary N) is 2. The third kappa shape index (κ3) is 9.70. The van der Waals surface area contributed by atoms with Gasteiger partial charge in [0, 0.05) is 73.2 Å². The molecule has 0 aromatic carbocycles. The van der Waals surface area contributed by atoms with E-state index in [1.807, 2.05) is 12.1 Å². The summed E-state index contributed by atoms with van der Waals surface area (Å²) >= 11 is 0. The molecule has 0 fully saturated rings. The Morgan fingerprint density at radius 1 is 0.981 bits per heavy atom. The molecule has 16 heteroatoms. The standard InChI is InChI=1S/C36H48N12O4/c1-5-24(6-2)20-46-11-9-26-15-39-36(44-33(26)46)43-29-18-41-47(22-29)23-32(51)52-12-10-30-13-27-16-40-35(42-28(14-37)17-38-19-31(49)50)45-34(27)48(30)21-25(7-3)8-4/h9,11,13-18,22,24-25H,5-8,10,12,19-21,23,37H2,1-4H3,(H,49,50)(H,39,43,44)(H,40,42,45)/b28-14+,38-17?. The van der Waals surface area contributed by atoms with Gasteiger partial charge in [-0.2, -0.15) is 15.1 Å². The van der Waals surface area contributed by atoms with Gasteiger partial charge in [-0.3, -0.25) is 19.3 Å². The number of carboxylic acid groups (broad SMARTS) is 1. The van der Waals surface area contributed by atoms with Crippen molar-refractivity contribution in [3.8, 4) is 0 Å². The molecule has 5 heterocycles. The van der Waals surface area contributed by atoms with Crippen molar-refractivity contribution in [2.45, 2.75) is 79.4 Å². The number of rotatable bonds is 20. The smallest absolute Gasteiger partial charge is 0.327 e. The summed E-state index contributed by atoms with van der Waals surface area (Å²) < 4.78 is 11.5. The van der Waals surface area contributed by atoms with Crippen LogP contribution in [-0.2, 0) is 40.4 Å². The van der Waals surface area contributed by atoms with Crippen LogP contribution in [0.2, 0.25) is 0 Å². The average Bonchev–Trinajstić information content (AvgIpc) is 3.85. The Hall–Kier alpha value is -5.80. The van der Waals surface area contributed by atoms with Gasteiger partial charge in [-0.1, -0.05) is 53.4 Å². The minimum atomic E-state index is -1.05. The average molecular weight is 713 g/mol. The fraction of sp³-hybridized carbons (Fsp3) is 0.444. The lowest BCUT2D eigenvalue weighted by Gasteiger charge is -2.17. The summed E-state index contributed by atoms with van der Waals surface area (Å²) in [6.45, 7) is 10.1. The van der Waals surface area contributed by atoms with Crippen molar-refractivity contribution in [3.63, 3.8) is 0 Å². The van der Waals surface area contributed by atoms with Gasteiger partial charge < -0.3 is 35.3 Å². The molecule has 0 spiro atoms. The topological polar surface area (TPSA) is 205 Å². The first-order valence-electron chi connectivity index (χ1n) is 17.8. The molecule has 0 radical (unpaired) electrons. The molecule has 0 aliphatic rings. The van der Waals surface area contributed by atoms with Gasteiger partial charge >= 0.3 is 11.9 Å². The minimum Gasteiger partial charge on any atom is -0.480 e. The molecule has 0 saturated heterocycles. The fourth-order valence-corrected chi connectivity index (χ4v) is 5.93. The van der Waals surface area contributed by atoms with Crippen LogP contribution in [0.4, 0.5) is 17.6 Å². The maximum Gasteiger partial charge on any atom is 0.327 e. The quantitative estimate of drug-likeness (QED) is 0.0612. The molecule has 0 atom stereocenters. The number of esters is 1. The number of fused-ring (bicyclic) bond motifs is 2. The third-order valence-electron chi connectivity index (χ3n) is 9.12. The van der Waals surface area contributed by atoms with E-state index in [1.165, 1.54) is 17.1 Å². The van der Waals surface area contributed by atoms with Gasteiger partial charge in [0.05, 0.1) is 24.2 Å². The molecule has 0 saturated carbocycles. The number of ether oxygens (including phenoxy) is 1. The number of carboxylic acids is 1. The predicted octanol–water partition coefficient (Wildman–Crippen LogP) is 5.14. The van der Waals surface area contributed by atoms with Crippen LogP contribution < -0.4 is 16.4 Å². The van der Waals surface area contributed by atoms with Crippen molar-refractivity contribution in [3.05, 3.63) is 60.7 Å². The molecule has 5 rings (SSSR count). The lowest BCUT2D eigenvalue weighted by molar-refractivity contribution is -0.144. The molecule has 16 nitrogen and oxygen atoms in total. The predicted molar refractivity (Wildman–Crippen MR) is 200 cm³/mol. The van der Waals surface area contributed by atoms with Crippen molar-refractivity contribution in [1.82, 2.24) is 38.9 Å². The number of carbonyl (C=O) groups is 2. The minimum absolute atomic E-state index is 0.0517. The van der Waals surface area contributed by atoms with Crippen LogP contribution in [0.3, 0.4) is 0 Å². The maximum absolute atomic E-state index is 12.9. The number of aliphatic imine (C=N–C) groups is 1. The molecule has 276 valence electrons. The van der Waals surface area contributed by atoms with E-state index < -0.39 is 11.9 Å². The summed E-state index contributed by atoms with van der Waals surface area (Å²) in [4.78, 5) is 45.9. The van der Waals surface area contributed by atoms with E-state index in [-0.39, 0.29) is 19.7 Å². The second kappa shape index (κ2) is 17.9. The highest BCUT2D eigenvalue weighted by Crippen LogP contribution is 2.24. The second-order valence-electron chi connectivity index (χ2n) is 12.7. The van der Waals surface area contributed by atoms with E-state index in [1.54, 1.807) is 24.8 Å². The molecule has 0 bridgehead atoms. The summed E-state index contributed by atoms with van der Waals surface area (Å²) in [5.74, 6) is 0.284. The number of hydrogen-bond donors (Lipinski definition) is 4. The monoisotopic (exact) mass is 712 g/mol. The van der Waals surface area contributed by atoms with Crippen molar-refractivity contribution in [1.29, 1.82) is 0 Å². The number of aliphatic carboxylic acids is 1. The molecule has 52 heavy (non-hydrogen) atoms. The van der Waals surface area contributed by atoms with Gasteiger partial charge in [-0.25, -0.2) is 9.97 Å². The summed E-state index contributed by atoms with van der Waals surface area (Å²) in [6.07, 6.45) is 16.2. The number of aromatic nitrogens is 8. The Bertz CT molecular complexity index is 2020. The van der Waals surface area contributed by atoms with Crippen molar-refractivity contribution < 1.29 is 19.4 Å². The molecule has 0 aliphatic carbocycles. The summed E-state index contributed by atoms with van der Waals surface area (Å²) in [5.41, 5.74) is 9.29. The molecule has 5 N–H and O–H groups in total. The van der Waals surface area contributed by atoms with Gasteiger partial charge in [0.15, 0.2) is 0 Å². The summed E-state index contributed by atoms with van der Waals surface area (Å²) in [6, 6.07) is 4.04. The van der Waals surface area contributed by atoms with Crippen LogP contribution in [0.25, 0.3) is 22.1 Å². The highest BCUT2D eigenvalue weighted by atomic mass is 16.5. The number of nitrogens with two attached hydrogens (primary N) is 1. The van der Waals surface area contributed by atoms with Crippen LogP contribution in [-0.4, -0.2) is 75.3 Å². The Kier molecular flexibility index (Phi) is 12.9. The Labute approximate surface area is 302 Å². The van der Waals surface area contributed by atoms with E-state index in [0.717, 1.165) is 66.5 Å². The molecule has 0 amide bonds. The highest BCUT2D eigenvalue weighted by molar-refractivity contribution is 5.85. The highest BCUT2D eigenvalue weighted by Gasteiger charge is 2.17. The molecule has 0 unspecified atom stereocenters. The van der Waals surface area contributed by atoms with Crippen molar-refractivity contribution in [2.75, 3.05) is 23.8 Å². The number of hydrogen-bond acceptors (Lipinski definition) is 12. The second-order valence-corrected chi connectivity index (χ2v) is 12.7. The number of nitrogens with zero attached hydrogens (tertiary/aromatic N) is 9. The van der Waals surface area contributed by atoms with E-state index in [2.05, 4.69) is 73.7 Å². The van der Waals surface area contributed by atoms with E-state index in [9.17, 15) is 9.59 Å². The van der Waals surface area contributed by atoms with Crippen LogP contribution in [0.15, 0.2) is 60.0 Å². The van der Waals surface area contributed by atoms with Crippen LogP contribution in [0.1, 0.15) is 59.1 Å². The lowest BCUT2D eigenvalue weighted by atomic mass is 10.0. The van der Waals surface area contributed by atoms with Gasteiger partial charge in [0.1, 0.15) is 24.4 Å². The van der Waals surface area contributed by atoms with Gasteiger partial charge in [0.25, 0.3) is 0 Å². The van der Waals surface area contributed by atoms with Crippen LogP contribution in [0, 0.1) is 11.8 Å². The fourth-order valence-electron chi connectivity index (χ4n) is 5.93. The number of carbonyl (C=O) groups excluding carboxylic acids is 1. The first-order valence-corrected chi connectivity index (χ1v) is 17.8. The molecule has 5 aromatic heterocycles. The van der Waals surface area contributed by atoms with E-state index in [4.69, 9.17) is 25.5 Å². The third-order valence-corrected chi connectivity index (χ3v) is 9.12. The molecular weight excluding hydrogens is 664 g/mol.